The van der Waals surface area contributed by atoms with Crippen LogP contribution in [0.15, 0.2) is 24.3 Å². The Kier molecular flexibility index (Phi) is 3.83. The Morgan fingerprint density at radius 2 is 2.13 bits per heavy atom. The second-order valence-electron chi connectivity index (χ2n) is 4.03. The van der Waals surface area contributed by atoms with E-state index < -0.39 is 0 Å². The lowest BCUT2D eigenvalue weighted by Crippen LogP contribution is -2.29. The summed E-state index contributed by atoms with van der Waals surface area (Å²) in [4.78, 5) is 1.83. The first-order valence-electron chi connectivity index (χ1n) is 5.04. The first-order valence-corrected chi connectivity index (χ1v) is 5.04. The molecule has 82 valence electrons. The minimum absolute atomic E-state index is 0.198. The highest BCUT2D eigenvalue weighted by Crippen LogP contribution is 2.08. The number of nitrogens with one attached hydrogen (secondary N) is 1. The Morgan fingerprint density at radius 3 is 2.67 bits per heavy atom. The number of hydrogen-bond acceptors (Lipinski definition) is 1. The van der Waals surface area contributed by atoms with Crippen molar-refractivity contribution in [3.63, 3.8) is 0 Å². The summed E-state index contributed by atoms with van der Waals surface area (Å²) >= 11 is 0. The van der Waals surface area contributed by atoms with Crippen LogP contribution in [-0.2, 0) is 6.54 Å². The van der Waals surface area contributed by atoms with Crippen LogP contribution in [0.25, 0.3) is 0 Å². The smallest absolute Gasteiger partial charge is 0.123 e. The van der Waals surface area contributed by atoms with Crippen molar-refractivity contribution in [1.82, 2.24) is 4.90 Å². The number of benzene rings is 1. The fourth-order valence-electron chi connectivity index (χ4n) is 1.44. The summed E-state index contributed by atoms with van der Waals surface area (Å²) in [6, 6.07) is 6.49. The highest BCUT2D eigenvalue weighted by Gasteiger charge is 2.09. The molecule has 1 N–H and O–H groups in total. The maximum absolute atomic E-state index is 12.9. The number of amidine groups is 1. The molecule has 0 fully saturated rings. The molecule has 0 radical (unpaired) electrons. The van der Waals surface area contributed by atoms with Crippen molar-refractivity contribution in [1.29, 1.82) is 5.41 Å². The van der Waals surface area contributed by atoms with Crippen molar-refractivity contribution < 1.29 is 4.39 Å². The lowest BCUT2D eigenvalue weighted by Gasteiger charge is -2.22. The highest BCUT2D eigenvalue weighted by atomic mass is 19.1. The van der Waals surface area contributed by atoms with Crippen molar-refractivity contribution in [3.05, 3.63) is 35.6 Å². The molecular weight excluding hydrogens is 191 g/mol. The standard InChI is InChI=1S/C12H17FN2/c1-9(2)12(14)15(3)8-10-5-4-6-11(13)7-10/h4-7,9,14H,8H2,1-3H3. The van der Waals surface area contributed by atoms with E-state index in [0.717, 1.165) is 5.56 Å². The molecule has 3 heteroatoms. The van der Waals surface area contributed by atoms with Crippen LogP contribution in [0.2, 0.25) is 0 Å². The van der Waals surface area contributed by atoms with Gasteiger partial charge in [-0.1, -0.05) is 26.0 Å². The largest absolute Gasteiger partial charge is 0.359 e. The molecule has 0 bridgehead atoms. The summed E-state index contributed by atoms with van der Waals surface area (Å²) in [5, 5.41) is 7.78. The van der Waals surface area contributed by atoms with Gasteiger partial charge < -0.3 is 4.90 Å². The van der Waals surface area contributed by atoms with Gasteiger partial charge in [0.25, 0.3) is 0 Å². The van der Waals surface area contributed by atoms with E-state index in [-0.39, 0.29) is 11.7 Å². The molecule has 0 aliphatic carbocycles. The van der Waals surface area contributed by atoms with Gasteiger partial charge in [0.2, 0.25) is 0 Å². The quantitative estimate of drug-likeness (QED) is 0.600. The summed E-state index contributed by atoms with van der Waals surface area (Å²) in [6.07, 6.45) is 0. The molecule has 0 saturated heterocycles. The molecule has 0 spiro atoms. The Hall–Kier alpha value is -1.38. The molecule has 0 unspecified atom stereocenters. The third-order valence-electron chi connectivity index (χ3n) is 2.27. The monoisotopic (exact) mass is 208 g/mol. The van der Waals surface area contributed by atoms with Crippen molar-refractivity contribution in [2.24, 2.45) is 5.92 Å². The predicted molar refractivity (Wildman–Crippen MR) is 60.4 cm³/mol. The lowest BCUT2D eigenvalue weighted by atomic mass is 10.1. The average molecular weight is 208 g/mol. The van der Waals surface area contributed by atoms with Gasteiger partial charge in [-0.05, 0) is 17.7 Å². The zero-order valence-corrected chi connectivity index (χ0v) is 9.42. The van der Waals surface area contributed by atoms with E-state index in [4.69, 9.17) is 5.41 Å². The summed E-state index contributed by atoms with van der Waals surface area (Å²) in [5.74, 6) is 0.541. The Labute approximate surface area is 90.2 Å². The minimum Gasteiger partial charge on any atom is -0.359 e. The van der Waals surface area contributed by atoms with E-state index in [0.29, 0.717) is 12.4 Å². The number of halogens is 1. The van der Waals surface area contributed by atoms with Crippen molar-refractivity contribution in [2.75, 3.05) is 7.05 Å². The molecule has 2 nitrogen and oxygen atoms in total. The lowest BCUT2D eigenvalue weighted by molar-refractivity contribution is 0.466. The minimum atomic E-state index is -0.225. The SMILES string of the molecule is CC(C)C(=N)N(C)Cc1cccc(F)c1. The molecule has 0 aliphatic rings. The molecule has 0 amide bonds. The maximum atomic E-state index is 12.9. The van der Waals surface area contributed by atoms with E-state index in [1.54, 1.807) is 6.07 Å². The third kappa shape index (κ3) is 3.35. The molecule has 0 aliphatic heterocycles. The summed E-state index contributed by atoms with van der Waals surface area (Å²) in [6.45, 7) is 4.53. The van der Waals surface area contributed by atoms with Crippen LogP contribution in [0.1, 0.15) is 19.4 Å². The van der Waals surface area contributed by atoms with Crippen LogP contribution in [-0.4, -0.2) is 17.8 Å². The first-order chi connectivity index (χ1) is 7.00. The third-order valence-corrected chi connectivity index (χ3v) is 2.27. The van der Waals surface area contributed by atoms with E-state index in [1.807, 2.05) is 31.9 Å². The predicted octanol–water partition coefficient (Wildman–Crippen LogP) is 2.89. The van der Waals surface area contributed by atoms with Crippen LogP contribution in [0.3, 0.4) is 0 Å². The summed E-state index contributed by atoms with van der Waals surface area (Å²) in [5.41, 5.74) is 0.892. The summed E-state index contributed by atoms with van der Waals surface area (Å²) < 4.78 is 12.9. The number of rotatable bonds is 3. The van der Waals surface area contributed by atoms with Crippen molar-refractivity contribution in [3.8, 4) is 0 Å². The fraction of sp³-hybridized carbons (Fsp3) is 0.417. The molecule has 0 heterocycles. The Balaban J connectivity index is 2.66. The van der Waals surface area contributed by atoms with E-state index in [9.17, 15) is 4.39 Å². The van der Waals surface area contributed by atoms with Crippen LogP contribution >= 0.6 is 0 Å². The van der Waals surface area contributed by atoms with Gasteiger partial charge in [0.1, 0.15) is 5.82 Å². The molecular formula is C12H17FN2. The van der Waals surface area contributed by atoms with Gasteiger partial charge in [-0.25, -0.2) is 4.39 Å². The molecule has 0 saturated carbocycles. The highest BCUT2D eigenvalue weighted by molar-refractivity contribution is 5.80. The van der Waals surface area contributed by atoms with Gasteiger partial charge in [0.05, 0.1) is 5.84 Å². The van der Waals surface area contributed by atoms with Gasteiger partial charge in [-0.15, -0.1) is 0 Å². The zero-order valence-electron chi connectivity index (χ0n) is 9.42. The number of nitrogens with zero attached hydrogens (tertiary/aromatic N) is 1. The Bertz CT molecular complexity index is 347. The molecule has 1 aromatic carbocycles. The number of hydrogen-bond donors (Lipinski definition) is 1. The second-order valence-corrected chi connectivity index (χ2v) is 4.03. The molecule has 1 rings (SSSR count). The summed E-state index contributed by atoms with van der Waals surface area (Å²) in [7, 11) is 1.85. The van der Waals surface area contributed by atoms with Crippen molar-refractivity contribution >= 4 is 5.84 Å². The zero-order chi connectivity index (χ0) is 11.4. The van der Waals surface area contributed by atoms with Crippen LogP contribution in [0, 0.1) is 17.1 Å². The average Bonchev–Trinajstić information content (AvgIpc) is 2.16. The maximum Gasteiger partial charge on any atom is 0.123 e. The molecule has 0 aromatic heterocycles. The first kappa shape index (κ1) is 11.7. The van der Waals surface area contributed by atoms with Gasteiger partial charge in [-0.3, -0.25) is 5.41 Å². The van der Waals surface area contributed by atoms with Gasteiger partial charge in [-0.2, -0.15) is 0 Å². The van der Waals surface area contributed by atoms with Crippen molar-refractivity contribution in [2.45, 2.75) is 20.4 Å². The fourth-order valence-corrected chi connectivity index (χ4v) is 1.44. The van der Waals surface area contributed by atoms with E-state index in [1.165, 1.54) is 12.1 Å². The molecule has 1 aromatic rings. The van der Waals surface area contributed by atoms with E-state index >= 15 is 0 Å². The normalized spacial score (nSPS) is 10.5. The second kappa shape index (κ2) is 4.91. The van der Waals surface area contributed by atoms with Crippen LogP contribution in [0.4, 0.5) is 4.39 Å². The van der Waals surface area contributed by atoms with Gasteiger partial charge in [0.15, 0.2) is 0 Å². The van der Waals surface area contributed by atoms with Crippen LogP contribution < -0.4 is 0 Å². The molecule has 15 heavy (non-hydrogen) atoms. The van der Waals surface area contributed by atoms with E-state index in [2.05, 4.69) is 0 Å². The van der Waals surface area contributed by atoms with Gasteiger partial charge >= 0.3 is 0 Å². The topological polar surface area (TPSA) is 27.1 Å². The van der Waals surface area contributed by atoms with Gasteiger partial charge in [0, 0.05) is 19.5 Å². The Morgan fingerprint density at radius 1 is 1.47 bits per heavy atom. The molecule has 0 atom stereocenters. The van der Waals surface area contributed by atoms with Crippen LogP contribution in [0.5, 0.6) is 0 Å².